The monoisotopic (exact) mass is 312 g/mol. The van der Waals surface area contributed by atoms with Gasteiger partial charge in [0, 0.05) is 19.6 Å². The van der Waals surface area contributed by atoms with E-state index in [0.717, 1.165) is 18.5 Å². The predicted octanol–water partition coefficient (Wildman–Crippen LogP) is 1.81. The number of amides is 1. The molecule has 1 heterocycles. The number of nitrogens with zero attached hydrogens (tertiary/aromatic N) is 1. The van der Waals surface area contributed by atoms with Crippen LogP contribution in [0.3, 0.4) is 0 Å². The number of ether oxygens (including phenoxy) is 2. The maximum atomic E-state index is 11.2. The lowest BCUT2D eigenvalue weighted by atomic mass is 10.1. The highest BCUT2D eigenvalue weighted by Gasteiger charge is 2.24. The van der Waals surface area contributed by atoms with Gasteiger partial charge < -0.3 is 15.2 Å². The first-order chi connectivity index (χ1) is 10.1. The van der Waals surface area contributed by atoms with E-state index in [4.69, 9.17) is 26.8 Å². The summed E-state index contributed by atoms with van der Waals surface area (Å²) in [5, 5.41) is 0.612. The maximum Gasteiger partial charge on any atom is 0.247 e. The Kier molecular flexibility index (Phi) is 5.85. The Labute approximate surface area is 130 Å². The summed E-state index contributed by atoms with van der Waals surface area (Å²) in [5.41, 5.74) is 6.36. The van der Waals surface area contributed by atoms with E-state index in [1.165, 1.54) is 0 Å². The quantitative estimate of drug-likeness (QED) is 0.870. The SMILES string of the molecule is CCCOc1ccc(CN2CCO[C@@H](C(N)=O)C2)cc1Cl. The molecule has 5 nitrogen and oxygen atoms in total. The van der Waals surface area contributed by atoms with Crippen molar-refractivity contribution < 1.29 is 14.3 Å². The molecule has 1 aliphatic heterocycles. The molecule has 0 unspecified atom stereocenters. The molecule has 1 aliphatic rings. The van der Waals surface area contributed by atoms with Gasteiger partial charge >= 0.3 is 0 Å². The molecule has 0 saturated carbocycles. The number of nitrogens with two attached hydrogens (primary N) is 1. The van der Waals surface area contributed by atoms with Crippen LogP contribution in [-0.2, 0) is 16.1 Å². The van der Waals surface area contributed by atoms with Crippen LogP contribution in [0.1, 0.15) is 18.9 Å². The third-order valence-electron chi connectivity index (χ3n) is 3.33. The first-order valence-electron chi connectivity index (χ1n) is 7.14. The normalized spacial score (nSPS) is 19.4. The molecule has 0 aliphatic carbocycles. The second kappa shape index (κ2) is 7.64. The van der Waals surface area contributed by atoms with Gasteiger partial charge in [0.25, 0.3) is 0 Å². The van der Waals surface area contributed by atoms with E-state index in [0.29, 0.717) is 37.1 Å². The molecular weight excluding hydrogens is 292 g/mol. The number of carbonyl (C=O) groups is 1. The zero-order chi connectivity index (χ0) is 15.2. The minimum absolute atomic E-state index is 0.416. The van der Waals surface area contributed by atoms with Crippen LogP contribution in [-0.4, -0.2) is 43.2 Å². The topological polar surface area (TPSA) is 64.8 Å². The summed E-state index contributed by atoms with van der Waals surface area (Å²) in [4.78, 5) is 13.3. The highest BCUT2D eigenvalue weighted by atomic mass is 35.5. The van der Waals surface area contributed by atoms with Gasteiger partial charge in [-0.25, -0.2) is 0 Å². The fraction of sp³-hybridized carbons (Fsp3) is 0.533. The Bertz CT molecular complexity index is 496. The number of hydrogen-bond acceptors (Lipinski definition) is 4. The van der Waals surface area contributed by atoms with Crippen LogP contribution in [0.4, 0.5) is 0 Å². The van der Waals surface area contributed by atoms with E-state index in [-0.39, 0.29) is 0 Å². The van der Waals surface area contributed by atoms with Crippen molar-refractivity contribution >= 4 is 17.5 Å². The van der Waals surface area contributed by atoms with Crippen molar-refractivity contribution in [3.63, 3.8) is 0 Å². The summed E-state index contributed by atoms with van der Waals surface area (Å²) in [6, 6.07) is 5.78. The summed E-state index contributed by atoms with van der Waals surface area (Å²) in [7, 11) is 0. The van der Waals surface area contributed by atoms with Gasteiger partial charge in [0.2, 0.25) is 5.91 Å². The number of halogens is 1. The van der Waals surface area contributed by atoms with Crippen LogP contribution in [0.2, 0.25) is 5.02 Å². The van der Waals surface area contributed by atoms with E-state index in [1.807, 2.05) is 18.2 Å². The lowest BCUT2D eigenvalue weighted by Crippen LogP contribution is -2.47. The van der Waals surface area contributed by atoms with Gasteiger partial charge in [-0.05, 0) is 24.1 Å². The standard InChI is InChI=1S/C15H21ClN2O3/c1-2-6-20-13-4-3-11(8-12(13)16)9-18-5-7-21-14(10-18)15(17)19/h3-4,8,14H,2,5-7,9-10H2,1H3,(H2,17,19)/t14-/m1/s1. The van der Waals surface area contributed by atoms with E-state index in [1.54, 1.807) is 0 Å². The van der Waals surface area contributed by atoms with Gasteiger partial charge in [0.1, 0.15) is 11.9 Å². The first-order valence-corrected chi connectivity index (χ1v) is 7.52. The third kappa shape index (κ3) is 4.59. The lowest BCUT2D eigenvalue weighted by molar-refractivity contribution is -0.135. The number of hydrogen-bond donors (Lipinski definition) is 1. The zero-order valence-electron chi connectivity index (χ0n) is 12.2. The van der Waals surface area contributed by atoms with Gasteiger partial charge in [0.15, 0.2) is 0 Å². The highest BCUT2D eigenvalue weighted by molar-refractivity contribution is 6.32. The van der Waals surface area contributed by atoms with Crippen LogP contribution in [0.15, 0.2) is 18.2 Å². The van der Waals surface area contributed by atoms with Gasteiger partial charge in [0.05, 0.1) is 18.2 Å². The number of benzene rings is 1. The van der Waals surface area contributed by atoms with Crippen LogP contribution in [0.5, 0.6) is 5.75 Å². The molecule has 1 amide bonds. The number of primary amides is 1. The largest absolute Gasteiger partial charge is 0.492 e. The molecule has 6 heteroatoms. The number of morpholine rings is 1. The average molecular weight is 313 g/mol. The van der Waals surface area contributed by atoms with Crippen LogP contribution >= 0.6 is 11.6 Å². The molecular formula is C15H21ClN2O3. The molecule has 1 fully saturated rings. The van der Waals surface area contributed by atoms with E-state index in [2.05, 4.69) is 11.8 Å². The number of carbonyl (C=O) groups excluding carboxylic acids is 1. The van der Waals surface area contributed by atoms with Gasteiger partial charge in [-0.1, -0.05) is 24.6 Å². The van der Waals surface area contributed by atoms with Gasteiger partial charge in [-0.3, -0.25) is 9.69 Å². The molecule has 1 aromatic carbocycles. The molecule has 1 aromatic rings. The van der Waals surface area contributed by atoms with Crippen molar-refractivity contribution in [1.82, 2.24) is 4.90 Å². The molecule has 0 aromatic heterocycles. The van der Waals surface area contributed by atoms with Crippen LogP contribution in [0.25, 0.3) is 0 Å². The minimum Gasteiger partial charge on any atom is -0.492 e. The smallest absolute Gasteiger partial charge is 0.247 e. The van der Waals surface area contributed by atoms with E-state index >= 15 is 0 Å². The second-order valence-electron chi connectivity index (χ2n) is 5.11. The van der Waals surface area contributed by atoms with Crippen molar-refractivity contribution in [3.8, 4) is 5.75 Å². The Balaban J connectivity index is 1.96. The van der Waals surface area contributed by atoms with Gasteiger partial charge in [-0.2, -0.15) is 0 Å². The number of rotatable bonds is 6. The summed E-state index contributed by atoms with van der Waals surface area (Å²) < 4.78 is 10.9. The van der Waals surface area contributed by atoms with Crippen molar-refractivity contribution in [1.29, 1.82) is 0 Å². The average Bonchev–Trinajstić information content (AvgIpc) is 2.47. The molecule has 0 bridgehead atoms. The summed E-state index contributed by atoms with van der Waals surface area (Å²) in [6.45, 7) is 5.22. The zero-order valence-corrected chi connectivity index (χ0v) is 12.9. The van der Waals surface area contributed by atoms with Crippen LogP contribution < -0.4 is 10.5 Å². The lowest BCUT2D eigenvalue weighted by Gasteiger charge is -2.31. The molecule has 0 radical (unpaired) electrons. The fourth-order valence-electron chi connectivity index (χ4n) is 2.25. The van der Waals surface area contributed by atoms with Gasteiger partial charge in [-0.15, -0.1) is 0 Å². The Morgan fingerprint density at radius 1 is 1.57 bits per heavy atom. The van der Waals surface area contributed by atoms with Crippen LogP contribution in [0, 0.1) is 0 Å². The summed E-state index contributed by atoms with van der Waals surface area (Å²) >= 11 is 6.22. The van der Waals surface area contributed by atoms with Crippen molar-refractivity contribution in [2.75, 3.05) is 26.3 Å². The van der Waals surface area contributed by atoms with E-state index < -0.39 is 12.0 Å². The van der Waals surface area contributed by atoms with Crippen molar-refractivity contribution in [3.05, 3.63) is 28.8 Å². The molecule has 2 rings (SSSR count). The molecule has 2 N–H and O–H groups in total. The van der Waals surface area contributed by atoms with Crippen molar-refractivity contribution in [2.24, 2.45) is 5.73 Å². The Morgan fingerprint density at radius 2 is 2.38 bits per heavy atom. The molecule has 116 valence electrons. The minimum atomic E-state index is -0.526. The fourth-order valence-corrected chi connectivity index (χ4v) is 2.51. The highest BCUT2D eigenvalue weighted by Crippen LogP contribution is 2.26. The van der Waals surface area contributed by atoms with E-state index in [9.17, 15) is 4.79 Å². The molecule has 1 saturated heterocycles. The first kappa shape index (κ1) is 16.1. The maximum absolute atomic E-state index is 11.2. The third-order valence-corrected chi connectivity index (χ3v) is 3.63. The summed E-state index contributed by atoms with van der Waals surface area (Å²) in [6.07, 6.45) is 0.418. The Hall–Kier alpha value is -1.30. The Morgan fingerprint density at radius 3 is 3.05 bits per heavy atom. The summed E-state index contributed by atoms with van der Waals surface area (Å²) in [5.74, 6) is 0.292. The molecule has 1 atom stereocenters. The molecule has 0 spiro atoms. The predicted molar refractivity (Wildman–Crippen MR) is 81.4 cm³/mol. The second-order valence-corrected chi connectivity index (χ2v) is 5.52. The molecule has 21 heavy (non-hydrogen) atoms. The van der Waals surface area contributed by atoms with Crippen molar-refractivity contribution in [2.45, 2.75) is 26.0 Å².